The van der Waals surface area contributed by atoms with Crippen LogP contribution in [-0.4, -0.2) is 65.7 Å². The van der Waals surface area contributed by atoms with Crippen molar-refractivity contribution in [2.45, 2.75) is 0 Å². The first kappa shape index (κ1) is 18.1. The summed E-state index contributed by atoms with van der Waals surface area (Å²) >= 11 is 0. The SMILES string of the molecule is COCCN(CCOC)C(=O)Nc1c(OC)cccc1OC. The van der Waals surface area contributed by atoms with E-state index >= 15 is 0 Å². The molecule has 1 aromatic rings. The molecule has 0 radical (unpaired) electrons. The van der Waals surface area contributed by atoms with Crippen molar-refractivity contribution >= 4 is 11.7 Å². The number of amides is 2. The van der Waals surface area contributed by atoms with Crippen LogP contribution in [0, 0.1) is 0 Å². The van der Waals surface area contributed by atoms with Crippen LogP contribution in [0.3, 0.4) is 0 Å². The molecule has 0 aliphatic carbocycles. The van der Waals surface area contributed by atoms with Crippen LogP contribution < -0.4 is 14.8 Å². The third-order valence-corrected chi connectivity index (χ3v) is 3.08. The van der Waals surface area contributed by atoms with E-state index in [0.717, 1.165) is 0 Å². The van der Waals surface area contributed by atoms with Crippen molar-refractivity contribution in [3.8, 4) is 11.5 Å². The molecule has 1 N–H and O–H groups in total. The molecule has 0 aliphatic heterocycles. The van der Waals surface area contributed by atoms with Gasteiger partial charge in [0.2, 0.25) is 0 Å². The van der Waals surface area contributed by atoms with Gasteiger partial charge in [-0.2, -0.15) is 0 Å². The van der Waals surface area contributed by atoms with Gasteiger partial charge in [-0.05, 0) is 12.1 Å². The molecular formula is C15H24N2O5. The lowest BCUT2D eigenvalue weighted by Crippen LogP contribution is -2.39. The Labute approximate surface area is 131 Å². The third kappa shape index (κ3) is 5.09. The maximum Gasteiger partial charge on any atom is 0.322 e. The van der Waals surface area contributed by atoms with Gasteiger partial charge in [0, 0.05) is 27.3 Å². The van der Waals surface area contributed by atoms with Gasteiger partial charge in [-0.15, -0.1) is 0 Å². The Morgan fingerprint density at radius 1 is 1.00 bits per heavy atom. The molecule has 7 nitrogen and oxygen atoms in total. The molecule has 1 rings (SSSR count). The summed E-state index contributed by atoms with van der Waals surface area (Å²) in [6, 6.07) is 5.04. The summed E-state index contributed by atoms with van der Waals surface area (Å²) in [7, 11) is 6.27. The molecule has 0 heterocycles. The summed E-state index contributed by atoms with van der Waals surface area (Å²) in [5, 5.41) is 2.82. The first-order chi connectivity index (χ1) is 10.7. The Morgan fingerprint density at radius 3 is 1.91 bits per heavy atom. The highest BCUT2D eigenvalue weighted by molar-refractivity contribution is 5.93. The normalized spacial score (nSPS) is 10.2. The third-order valence-electron chi connectivity index (χ3n) is 3.08. The Bertz CT molecular complexity index is 437. The molecule has 22 heavy (non-hydrogen) atoms. The smallest absolute Gasteiger partial charge is 0.322 e. The zero-order valence-electron chi connectivity index (χ0n) is 13.5. The second-order valence-corrected chi connectivity index (χ2v) is 4.44. The van der Waals surface area contributed by atoms with Crippen molar-refractivity contribution in [3.05, 3.63) is 18.2 Å². The Balaban J connectivity index is 2.87. The number of nitrogens with one attached hydrogen (secondary N) is 1. The van der Waals surface area contributed by atoms with E-state index in [4.69, 9.17) is 18.9 Å². The van der Waals surface area contributed by atoms with Crippen molar-refractivity contribution < 1.29 is 23.7 Å². The zero-order chi connectivity index (χ0) is 16.4. The molecule has 0 fully saturated rings. The van der Waals surface area contributed by atoms with Gasteiger partial charge in [-0.1, -0.05) is 6.07 Å². The molecular weight excluding hydrogens is 288 g/mol. The summed E-state index contributed by atoms with van der Waals surface area (Å²) in [4.78, 5) is 14.1. The second kappa shape index (κ2) is 9.86. The summed E-state index contributed by atoms with van der Waals surface area (Å²) in [5.74, 6) is 1.07. The van der Waals surface area contributed by atoms with Crippen LogP contribution in [0.15, 0.2) is 18.2 Å². The van der Waals surface area contributed by atoms with E-state index in [0.29, 0.717) is 43.5 Å². The summed E-state index contributed by atoms with van der Waals surface area (Å²) in [6.07, 6.45) is 0. The Kier molecular flexibility index (Phi) is 8.09. The van der Waals surface area contributed by atoms with Gasteiger partial charge in [0.1, 0.15) is 17.2 Å². The van der Waals surface area contributed by atoms with Crippen molar-refractivity contribution in [1.82, 2.24) is 4.90 Å². The number of anilines is 1. The lowest BCUT2D eigenvalue weighted by molar-refractivity contribution is 0.127. The standard InChI is InChI=1S/C15H24N2O5/c1-19-10-8-17(9-11-20-2)15(18)16-14-12(21-3)6-5-7-13(14)22-4/h5-7H,8-11H2,1-4H3,(H,16,18). The number of nitrogens with zero attached hydrogens (tertiary/aromatic N) is 1. The van der Waals surface area contributed by atoms with E-state index in [1.54, 1.807) is 37.3 Å². The average molecular weight is 312 g/mol. The lowest BCUT2D eigenvalue weighted by atomic mass is 10.2. The van der Waals surface area contributed by atoms with Crippen molar-refractivity contribution in [2.24, 2.45) is 0 Å². The number of carbonyl (C=O) groups excluding carboxylic acids is 1. The number of methoxy groups -OCH3 is 4. The van der Waals surface area contributed by atoms with Crippen LogP contribution in [0.4, 0.5) is 10.5 Å². The van der Waals surface area contributed by atoms with Crippen molar-refractivity contribution in [1.29, 1.82) is 0 Å². The minimum Gasteiger partial charge on any atom is -0.494 e. The van der Waals surface area contributed by atoms with Crippen molar-refractivity contribution in [3.63, 3.8) is 0 Å². The largest absolute Gasteiger partial charge is 0.494 e. The molecule has 0 spiro atoms. The molecule has 0 bridgehead atoms. The van der Waals surface area contributed by atoms with E-state index in [9.17, 15) is 4.79 Å². The number of carbonyl (C=O) groups is 1. The number of urea groups is 1. The molecule has 124 valence electrons. The summed E-state index contributed by atoms with van der Waals surface area (Å²) in [6.45, 7) is 1.81. The topological polar surface area (TPSA) is 69.3 Å². The van der Waals surface area contributed by atoms with Crippen LogP contribution in [0.5, 0.6) is 11.5 Å². The highest BCUT2D eigenvalue weighted by atomic mass is 16.5. The molecule has 0 aliphatic rings. The highest BCUT2D eigenvalue weighted by Gasteiger charge is 2.18. The fraction of sp³-hybridized carbons (Fsp3) is 0.533. The van der Waals surface area contributed by atoms with Crippen LogP contribution in [0.2, 0.25) is 0 Å². The van der Waals surface area contributed by atoms with Gasteiger partial charge in [0.25, 0.3) is 0 Å². The lowest BCUT2D eigenvalue weighted by Gasteiger charge is -2.23. The highest BCUT2D eigenvalue weighted by Crippen LogP contribution is 2.34. The number of ether oxygens (including phenoxy) is 4. The Hall–Kier alpha value is -1.99. The van der Waals surface area contributed by atoms with Crippen LogP contribution in [0.25, 0.3) is 0 Å². The van der Waals surface area contributed by atoms with Crippen LogP contribution >= 0.6 is 0 Å². The monoisotopic (exact) mass is 312 g/mol. The molecule has 1 aromatic carbocycles. The maximum absolute atomic E-state index is 12.5. The number of para-hydroxylation sites is 1. The summed E-state index contributed by atoms with van der Waals surface area (Å²) < 4.78 is 20.6. The number of hydrogen-bond acceptors (Lipinski definition) is 5. The van der Waals surface area contributed by atoms with Gasteiger partial charge in [0.05, 0.1) is 27.4 Å². The maximum atomic E-state index is 12.5. The van der Waals surface area contributed by atoms with E-state index in [-0.39, 0.29) is 6.03 Å². The molecule has 0 saturated carbocycles. The molecule has 0 aromatic heterocycles. The molecule has 0 saturated heterocycles. The van der Waals surface area contributed by atoms with Gasteiger partial charge >= 0.3 is 6.03 Å². The molecule has 0 unspecified atom stereocenters. The van der Waals surface area contributed by atoms with Crippen LogP contribution in [-0.2, 0) is 9.47 Å². The Morgan fingerprint density at radius 2 is 1.50 bits per heavy atom. The van der Waals surface area contributed by atoms with Gasteiger partial charge in [-0.25, -0.2) is 4.79 Å². The van der Waals surface area contributed by atoms with Crippen molar-refractivity contribution in [2.75, 3.05) is 60.1 Å². The molecule has 2 amide bonds. The minimum atomic E-state index is -0.267. The number of benzene rings is 1. The van der Waals surface area contributed by atoms with E-state index in [2.05, 4.69) is 5.32 Å². The van der Waals surface area contributed by atoms with Gasteiger partial charge in [-0.3, -0.25) is 0 Å². The average Bonchev–Trinajstić information content (AvgIpc) is 2.55. The first-order valence-corrected chi connectivity index (χ1v) is 6.92. The fourth-order valence-corrected chi connectivity index (χ4v) is 1.88. The van der Waals surface area contributed by atoms with E-state index in [1.807, 2.05) is 0 Å². The fourth-order valence-electron chi connectivity index (χ4n) is 1.88. The predicted octanol–water partition coefficient (Wildman–Crippen LogP) is 1.83. The predicted molar refractivity (Wildman–Crippen MR) is 83.9 cm³/mol. The quantitative estimate of drug-likeness (QED) is 0.753. The minimum absolute atomic E-state index is 0.267. The molecule has 0 atom stereocenters. The molecule has 7 heteroatoms. The van der Waals surface area contributed by atoms with Crippen LogP contribution in [0.1, 0.15) is 0 Å². The van der Waals surface area contributed by atoms with Gasteiger partial charge < -0.3 is 29.2 Å². The number of hydrogen-bond donors (Lipinski definition) is 1. The summed E-state index contributed by atoms with van der Waals surface area (Å²) in [5.41, 5.74) is 0.498. The zero-order valence-corrected chi connectivity index (χ0v) is 13.5. The first-order valence-electron chi connectivity index (χ1n) is 6.92. The van der Waals surface area contributed by atoms with Gasteiger partial charge in [0.15, 0.2) is 0 Å². The second-order valence-electron chi connectivity index (χ2n) is 4.44. The van der Waals surface area contributed by atoms with E-state index < -0.39 is 0 Å². The van der Waals surface area contributed by atoms with E-state index in [1.165, 1.54) is 14.2 Å². The number of rotatable bonds is 9.